The highest BCUT2D eigenvalue weighted by Gasteiger charge is 2.12. The fourth-order valence-electron chi connectivity index (χ4n) is 2.13. The number of hydrogen-bond donors (Lipinski definition) is 1. The molecule has 1 heterocycles. The molecule has 0 amide bonds. The van der Waals surface area contributed by atoms with Gasteiger partial charge in [-0.3, -0.25) is 0 Å². The lowest BCUT2D eigenvalue weighted by atomic mass is 10.1. The summed E-state index contributed by atoms with van der Waals surface area (Å²) in [7, 11) is 0. The molecule has 1 aliphatic rings. The van der Waals surface area contributed by atoms with Gasteiger partial charge in [0.05, 0.1) is 18.2 Å². The summed E-state index contributed by atoms with van der Waals surface area (Å²) in [5, 5.41) is 8.67. The fraction of sp³-hybridized carbons (Fsp3) is 0.429. The van der Waals surface area contributed by atoms with E-state index in [0.29, 0.717) is 17.1 Å². The van der Waals surface area contributed by atoms with E-state index in [2.05, 4.69) is 4.99 Å². The van der Waals surface area contributed by atoms with Gasteiger partial charge in [-0.2, -0.15) is 5.26 Å². The SMILES string of the molecule is N#Cc1ccc(CN=C(N)N2CCCCC2)c(F)c1. The van der Waals surface area contributed by atoms with Crippen LogP contribution in [0, 0.1) is 17.1 Å². The van der Waals surface area contributed by atoms with Crippen molar-refractivity contribution in [1.82, 2.24) is 4.90 Å². The highest BCUT2D eigenvalue weighted by molar-refractivity contribution is 5.78. The van der Waals surface area contributed by atoms with E-state index in [1.807, 2.05) is 11.0 Å². The van der Waals surface area contributed by atoms with Gasteiger partial charge in [0.1, 0.15) is 5.82 Å². The predicted molar refractivity (Wildman–Crippen MR) is 71.9 cm³/mol. The van der Waals surface area contributed by atoms with E-state index in [0.717, 1.165) is 25.9 Å². The summed E-state index contributed by atoms with van der Waals surface area (Å²) in [4.78, 5) is 6.26. The Morgan fingerprint density at radius 1 is 1.37 bits per heavy atom. The number of benzene rings is 1. The molecule has 4 nitrogen and oxygen atoms in total. The molecule has 1 aromatic rings. The number of piperidine rings is 1. The molecule has 0 unspecified atom stereocenters. The van der Waals surface area contributed by atoms with Crippen LogP contribution in [0.1, 0.15) is 30.4 Å². The Bertz CT molecular complexity index is 513. The number of guanidine groups is 1. The van der Waals surface area contributed by atoms with E-state index >= 15 is 0 Å². The number of hydrogen-bond acceptors (Lipinski definition) is 2. The Hall–Kier alpha value is -2.09. The number of nitriles is 1. The second-order valence-corrected chi connectivity index (χ2v) is 4.64. The molecule has 100 valence electrons. The van der Waals surface area contributed by atoms with Crippen molar-refractivity contribution in [1.29, 1.82) is 5.26 Å². The van der Waals surface area contributed by atoms with Crippen molar-refractivity contribution in [2.75, 3.05) is 13.1 Å². The van der Waals surface area contributed by atoms with Gasteiger partial charge >= 0.3 is 0 Å². The van der Waals surface area contributed by atoms with Crippen LogP contribution in [0.4, 0.5) is 4.39 Å². The number of likely N-dealkylation sites (tertiary alicyclic amines) is 1. The van der Waals surface area contributed by atoms with E-state index in [1.54, 1.807) is 12.1 Å². The van der Waals surface area contributed by atoms with Crippen LogP contribution < -0.4 is 5.73 Å². The minimum Gasteiger partial charge on any atom is -0.370 e. The third-order valence-electron chi connectivity index (χ3n) is 3.27. The zero-order valence-corrected chi connectivity index (χ0v) is 10.8. The molecule has 0 bridgehead atoms. The summed E-state index contributed by atoms with van der Waals surface area (Å²) in [5.74, 6) is 0.0673. The molecule has 2 rings (SSSR count). The third kappa shape index (κ3) is 3.44. The Morgan fingerprint density at radius 3 is 2.74 bits per heavy atom. The smallest absolute Gasteiger partial charge is 0.191 e. The summed E-state index contributed by atoms with van der Waals surface area (Å²) in [6, 6.07) is 6.30. The van der Waals surface area contributed by atoms with Gasteiger partial charge in [0.15, 0.2) is 5.96 Å². The largest absolute Gasteiger partial charge is 0.370 e. The van der Waals surface area contributed by atoms with E-state index in [-0.39, 0.29) is 6.54 Å². The molecular formula is C14H17FN4. The fourth-order valence-corrected chi connectivity index (χ4v) is 2.13. The van der Waals surface area contributed by atoms with Crippen molar-refractivity contribution in [3.05, 3.63) is 35.1 Å². The highest BCUT2D eigenvalue weighted by Crippen LogP contribution is 2.12. The molecule has 0 spiro atoms. The van der Waals surface area contributed by atoms with Crippen molar-refractivity contribution >= 4 is 5.96 Å². The molecule has 2 N–H and O–H groups in total. The Morgan fingerprint density at radius 2 is 2.11 bits per heavy atom. The first-order valence-corrected chi connectivity index (χ1v) is 6.44. The number of aliphatic imine (C=N–C) groups is 1. The van der Waals surface area contributed by atoms with Gasteiger partial charge in [-0.05, 0) is 31.4 Å². The second kappa shape index (κ2) is 6.19. The quantitative estimate of drug-likeness (QED) is 0.653. The van der Waals surface area contributed by atoms with Gasteiger partial charge in [-0.1, -0.05) is 6.07 Å². The molecule has 0 aliphatic carbocycles. The average molecular weight is 260 g/mol. The predicted octanol–water partition coefficient (Wildman–Crippen LogP) is 2.00. The molecule has 1 saturated heterocycles. The normalized spacial score (nSPS) is 16.2. The molecule has 19 heavy (non-hydrogen) atoms. The average Bonchev–Trinajstić information content (AvgIpc) is 2.46. The maximum Gasteiger partial charge on any atom is 0.191 e. The molecule has 1 fully saturated rings. The standard InChI is InChI=1S/C14H17FN4/c15-13-8-11(9-16)4-5-12(13)10-18-14(17)19-6-2-1-3-7-19/h4-5,8H,1-3,6-7,10H2,(H2,17,18). The molecule has 1 aromatic carbocycles. The molecular weight excluding hydrogens is 243 g/mol. The van der Waals surface area contributed by atoms with Crippen molar-refractivity contribution in [3.63, 3.8) is 0 Å². The molecule has 0 atom stereocenters. The van der Waals surface area contributed by atoms with Gasteiger partial charge in [0.25, 0.3) is 0 Å². The van der Waals surface area contributed by atoms with Gasteiger partial charge in [0, 0.05) is 18.7 Å². The molecule has 1 aliphatic heterocycles. The van der Waals surface area contributed by atoms with Crippen LogP contribution in [0.3, 0.4) is 0 Å². The lowest BCUT2D eigenvalue weighted by Gasteiger charge is -2.27. The number of rotatable bonds is 2. The molecule has 0 radical (unpaired) electrons. The van der Waals surface area contributed by atoms with E-state index in [4.69, 9.17) is 11.0 Å². The summed E-state index contributed by atoms with van der Waals surface area (Å²) in [5.41, 5.74) is 6.68. The van der Waals surface area contributed by atoms with E-state index in [9.17, 15) is 4.39 Å². The van der Waals surface area contributed by atoms with Crippen LogP contribution in [0.25, 0.3) is 0 Å². The second-order valence-electron chi connectivity index (χ2n) is 4.64. The maximum absolute atomic E-state index is 13.7. The van der Waals surface area contributed by atoms with Crippen LogP contribution in [0.5, 0.6) is 0 Å². The van der Waals surface area contributed by atoms with Crippen LogP contribution >= 0.6 is 0 Å². The molecule has 0 saturated carbocycles. The van der Waals surface area contributed by atoms with Crippen molar-refractivity contribution < 1.29 is 4.39 Å². The van der Waals surface area contributed by atoms with Crippen LogP contribution in [0.15, 0.2) is 23.2 Å². The van der Waals surface area contributed by atoms with Gasteiger partial charge < -0.3 is 10.6 Å². The van der Waals surface area contributed by atoms with Gasteiger partial charge in [0.2, 0.25) is 0 Å². The zero-order chi connectivity index (χ0) is 13.7. The summed E-state index contributed by atoms with van der Waals surface area (Å²) in [6.45, 7) is 2.05. The first-order valence-electron chi connectivity index (χ1n) is 6.44. The molecule has 5 heteroatoms. The minimum absolute atomic E-state index is 0.208. The van der Waals surface area contributed by atoms with E-state index < -0.39 is 5.82 Å². The van der Waals surface area contributed by atoms with E-state index in [1.165, 1.54) is 12.5 Å². The topological polar surface area (TPSA) is 65.4 Å². The first kappa shape index (κ1) is 13.3. The first-order chi connectivity index (χ1) is 9.20. The monoisotopic (exact) mass is 260 g/mol. The minimum atomic E-state index is -0.408. The lowest BCUT2D eigenvalue weighted by molar-refractivity contribution is 0.338. The number of nitrogens with two attached hydrogens (primary N) is 1. The summed E-state index contributed by atoms with van der Waals surface area (Å²) < 4.78 is 13.7. The Balaban J connectivity index is 2.03. The van der Waals surface area contributed by atoms with Crippen molar-refractivity contribution in [2.24, 2.45) is 10.7 Å². The number of halogens is 1. The zero-order valence-electron chi connectivity index (χ0n) is 10.8. The van der Waals surface area contributed by atoms with Gasteiger partial charge in [-0.25, -0.2) is 9.38 Å². The van der Waals surface area contributed by atoms with Crippen LogP contribution in [-0.2, 0) is 6.54 Å². The highest BCUT2D eigenvalue weighted by atomic mass is 19.1. The number of nitrogens with zero attached hydrogens (tertiary/aromatic N) is 3. The third-order valence-corrected chi connectivity index (χ3v) is 3.27. The Labute approximate surface area is 112 Å². The van der Waals surface area contributed by atoms with Crippen LogP contribution in [-0.4, -0.2) is 23.9 Å². The van der Waals surface area contributed by atoms with Gasteiger partial charge in [-0.15, -0.1) is 0 Å². The van der Waals surface area contributed by atoms with Crippen LogP contribution in [0.2, 0.25) is 0 Å². The summed E-state index contributed by atoms with van der Waals surface area (Å²) in [6.07, 6.45) is 3.48. The lowest BCUT2D eigenvalue weighted by Crippen LogP contribution is -2.40. The van der Waals surface area contributed by atoms with Crippen molar-refractivity contribution in [3.8, 4) is 6.07 Å². The Kier molecular flexibility index (Phi) is 4.35. The van der Waals surface area contributed by atoms with Crippen molar-refractivity contribution in [2.45, 2.75) is 25.8 Å². The molecule has 0 aromatic heterocycles. The summed E-state index contributed by atoms with van der Waals surface area (Å²) >= 11 is 0. The maximum atomic E-state index is 13.7.